The number of nitrogens with zero attached hydrogens (tertiary/aromatic N) is 6. The van der Waals surface area contributed by atoms with Crippen molar-refractivity contribution in [3.05, 3.63) is 88.6 Å². The Bertz CT molecular complexity index is 2700. The number of anilines is 1. The van der Waals surface area contributed by atoms with Crippen molar-refractivity contribution in [1.29, 1.82) is 0 Å². The van der Waals surface area contributed by atoms with Crippen LogP contribution in [0.3, 0.4) is 0 Å². The first kappa shape index (κ1) is 49.2. The average molecular weight is 932 g/mol. The van der Waals surface area contributed by atoms with Crippen molar-refractivity contribution in [2.24, 2.45) is 0 Å². The second-order valence-corrected chi connectivity index (χ2v) is 25.9. The molecular formula is C52H66FN7O6Si. The normalized spacial score (nSPS) is 17.1. The molecule has 0 spiro atoms. The summed E-state index contributed by atoms with van der Waals surface area (Å²) in [6, 6.07) is 15.3. The average Bonchev–Trinajstić information content (AvgIpc) is 3.96. The Kier molecular flexibility index (Phi) is 15.5. The van der Waals surface area contributed by atoms with Crippen LogP contribution in [0.5, 0.6) is 0 Å². The molecule has 0 aliphatic carbocycles. The molecule has 2 aliphatic rings. The van der Waals surface area contributed by atoms with E-state index >= 15 is 4.39 Å². The molecular weight excluding hydrogens is 866 g/mol. The van der Waals surface area contributed by atoms with Crippen LogP contribution < -0.4 is 5.32 Å². The molecule has 1 N–H and O–H groups in total. The summed E-state index contributed by atoms with van der Waals surface area (Å²) in [5.74, 6) is 4.16. The zero-order valence-electron chi connectivity index (χ0n) is 40.5. The van der Waals surface area contributed by atoms with Crippen LogP contribution in [0.25, 0.3) is 21.8 Å². The Morgan fingerprint density at radius 2 is 1.76 bits per heavy atom. The van der Waals surface area contributed by atoms with E-state index in [9.17, 15) is 19.2 Å². The third-order valence-electron chi connectivity index (χ3n) is 12.6. The standard InChI is InChI=1S/C52H66FN7O6Si/c1-35-39-23-22-37(49(62)55-46-32-43-38(33-54-46)31-45(42-21-17-26-57(42)5)60(43)51(64)66-52(2,3)4)30-44(39)59(56-35)27-15-13-11-9-10-12-14-18-36-19-16-20-40(48(36)53)41-24-25-47(61)58(50(41)63)34-65-28-29-67(6,7)8/h16,19-20,22-23,30-33,41-42H,9-13,15,17,21,24-29,34H2,1-8H3,(H,54,55,62)/t41?,42-/m1/s1. The third-order valence-corrected chi connectivity index (χ3v) is 14.3. The van der Waals surface area contributed by atoms with Gasteiger partial charge in [-0.15, -0.1) is 0 Å². The van der Waals surface area contributed by atoms with Crippen LogP contribution in [-0.2, 0) is 25.6 Å². The maximum absolute atomic E-state index is 15.7. The van der Waals surface area contributed by atoms with Gasteiger partial charge in [0.2, 0.25) is 11.8 Å². The van der Waals surface area contributed by atoms with Crippen LogP contribution in [0.1, 0.15) is 130 Å². The molecule has 3 aromatic heterocycles. The zero-order chi connectivity index (χ0) is 48.0. The molecule has 15 heteroatoms. The fourth-order valence-corrected chi connectivity index (χ4v) is 9.70. The van der Waals surface area contributed by atoms with E-state index in [-0.39, 0.29) is 48.6 Å². The second kappa shape index (κ2) is 21.1. The quantitative estimate of drug-likeness (QED) is 0.0443. The number of pyridine rings is 1. The number of nitrogens with one attached hydrogen (secondary N) is 1. The summed E-state index contributed by atoms with van der Waals surface area (Å²) in [6.45, 7) is 16.2. The molecule has 2 saturated heterocycles. The second-order valence-electron chi connectivity index (χ2n) is 20.3. The van der Waals surface area contributed by atoms with Gasteiger partial charge < -0.3 is 14.8 Å². The predicted octanol–water partition coefficient (Wildman–Crippen LogP) is 10.6. The lowest BCUT2D eigenvalue weighted by molar-refractivity contribution is -0.155. The molecule has 0 saturated carbocycles. The van der Waals surface area contributed by atoms with E-state index in [1.807, 2.05) is 50.6 Å². The lowest BCUT2D eigenvalue weighted by Crippen LogP contribution is -2.45. The van der Waals surface area contributed by atoms with Gasteiger partial charge in [0.15, 0.2) is 0 Å². The van der Waals surface area contributed by atoms with Gasteiger partial charge in [-0.25, -0.2) is 18.7 Å². The number of aromatic nitrogens is 4. The first-order valence-corrected chi connectivity index (χ1v) is 27.5. The number of piperidine rings is 1. The molecule has 1 unspecified atom stereocenters. The molecule has 0 bridgehead atoms. The number of hydrogen-bond donors (Lipinski definition) is 1. The molecule has 5 heterocycles. The van der Waals surface area contributed by atoms with Crippen LogP contribution >= 0.6 is 0 Å². The number of fused-ring (bicyclic) bond motifs is 2. The Balaban J connectivity index is 0.907. The first-order valence-electron chi connectivity index (χ1n) is 23.8. The van der Waals surface area contributed by atoms with Crippen LogP contribution in [0, 0.1) is 24.6 Å². The van der Waals surface area contributed by atoms with Crippen molar-refractivity contribution < 1.29 is 33.0 Å². The molecule has 0 radical (unpaired) electrons. The monoisotopic (exact) mass is 931 g/mol. The summed E-state index contributed by atoms with van der Waals surface area (Å²) in [5.41, 5.74) is 3.56. The van der Waals surface area contributed by atoms with Gasteiger partial charge >= 0.3 is 6.09 Å². The molecule has 2 atom stereocenters. The van der Waals surface area contributed by atoms with E-state index in [4.69, 9.17) is 14.6 Å². The molecule has 13 nitrogen and oxygen atoms in total. The molecule has 2 fully saturated rings. The zero-order valence-corrected chi connectivity index (χ0v) is 41.5. The highest BCUT2D eigenvalue weighted by Crippen LogP contribution is 2.36. The Morgan fingerprint density at radius 1 is 0.985 bits per heavy atom. The van der Waals surface area contributed by atoms with Crippen LogP contribution in [0.4, 0.5) is 15.0 Å². The largest absolute Gasteiger partial charge is 0.443 e. The van der Waals surface area contributed by atoms with Crippen molar-refractivity contribution in [1.82, 2.24) is 29.1 Å². The van der Waals surface area contributed by atoms with Crippen molar-refractivity contribution in [3.63, 3.8) is 0 Å². The molecule has 7 rings (SSSR count). The minimum atomic E-state index is -1.33. The van der Waals surface area contributed by atoms with Crippen molar-refractivity contribution in [2.75, 3.05) is 32.2 Å². The number of carbonyl (C=O) groups is 4. The van der Waals surface area contributed by atoms with Gasteiger partial charge in [-0.3, -0.25) is 28.9 Å². The number of amides is 3. The molecule has 3 amide bonds. The molecule has 2 aliphatic heterocycles. The fourth-order valence-electron chi connectivity index (χ4n) is 8.95. The lowest BCUT2D eigenvalue weighted by Gasteiger charge is -2.31. The van der Waals surface area contributed by atoms with E-state index in [2.05, 4.69) is 53.7 Å². The maximum atomic E-state index is 15.7. The smallest absolute Gasteiger partial charge is 0.419 e. The number of likely N-dealkylation sites (tertiary alicyclic amines) is 2. The number of imide groups is 1. The summed E-state index contributed by atoms with van der Waals surface area (Å²) in [7, 11) is 0.738. The van der Waals surface area contributed by atoms with Crippen LogP contribution in [-0.4, -0.2) is 93.6 Å². The van der Waals surface area contributed by atoms with E-state index in [0.29, 0.717) is 36.5 Å². The van der Waals surface area contributed by atoms with Gasteiger partial charge in [-0.1, -0.05) is 68.9 Å². The van der Waals surface area contributed by atoms with Gasteiger partial charge in [0.1, 0.15) is 24.0 Å². The maximum Gasteiger partial charge on any atom is 0.419 e. The number of aryl methyl sites for hydroxylation is 2. The number of carbonyl (C=O) groups excluding carboxylic acids is 4. The van der Waals surface area contributed by atoms with Gasteiger partial charge in [-0.2, -0.15) is 5.10 Å². The Morgan fingerprint density at radius 3 is 2.51 bits per heavy atom. The molecule has 67 heavy (non-hydrogen) atoms. The summed E-state index contributed by atoms with van der Waals surface area (Å²) in [6.07, 6.45) is 8.98. The minimum absolute atomic E-state index is 0.0638. The summed E-state index contributed by atoms with van der Waals surface area (Å²) >= 11 is 0. The van der Waals surface area contributed by atoms with Gasteiger partial charge in [0.05, 0.1) is 34.3 Å². The highest BCUT2D eigenvalue weighted by atomic mass is 28.3. The number of hydrogen-bond acceptors (Lipinski definition) is 9. The SMILES string of the molecule is Cc1nn(CCCCCCCC#Cc2cccc(C3CCC(=O)N(COCC[Si](C)(C)C)C3=O)c2F)c2cc(C(=O)Nc3cc4c(cn3)cc([C@H]3CCCN3C)n4C(=O)OC(C)(C)C)ccc12. The highest BCUT2D eigenvalue weighted by molar-refractivity contribution is 6.76. The fraction of sp³-hybridized carbons (Fsp3) is 0.500. The van der Waals surface area contributed by atoms with E-state index in [1.165, 1.54) is 0 Å². The highest BCUT2D eigenvalue weighted by Gasteiger charge is 2.37. The number of halogens is 1. The number of benzene rings is 2. The lowest BCUT2D eigenvalue weighted by atomic mass is 9.88. The van der Waals surface area contributed by atoms with Crippen molar-refractivity contribution in [3.8, 4) is 11.8 Å². The van der Waals surface area contributed by atoms with Gasteiger partial charge in [0.25, 0.3) is 5.91 Å². The number of ether oxygens (including phenoxy) is 2. The predicted molar refractivity (Wildman–Crippen MR) is 262 cm³/mol. The van der Waals surface area contributed by atoms with Gasteiger partial charge in [0, 0.05) is 73.9 Å². The van der Waals surface area contributed by atoms with Gasteiger partial charge in [-0.05, 0) is 104 Å². The summed E-state index contributed by atoms with van der Waals surface area (Å²) < 4.78 is 30.9. The van der Waals surface area contributed by atoms with Crippen LogP contribution in [0.2, 0.25) is 25.7 Å². The number of rotatable bonds is 16. The number of unbranched alkanes of at least 4 members (excludes halogenated alkanes) is 5. The van der Waals surface area contributed by atoms with Crippen molar-refractivity contribution >= 4 is 59.5 Å². The third kappa shape index (κ3) is 12.1. The summed E-state index contributed by atoms with van der Waals surface area (Å²) in [5, 5.41) is 9.53. The van der Waals surface area contributed by atoms with E-state index in [0.717, 1.165) is 90.1 Å². The topological polar surface area (TPSA) is 141 Å². The Hall–Kier alpha value is -5.69. The first-order chi connectivity index (χ1) is 31.9. The van der Waals surface area contributed by atoms with Crippen molar-refractivity contribution in [2.45, 2.75) is 142 Å². The Labute approximate surface area is 394 Å². The minimum Gasteiger partial charge on any atom is -0.443 e. The van der Waals surface area contributed by atoms with E-state index in [1.54, 1.807) is 41.1 Å². The summed E-state index contributed by atoms with van der Waals surface area (Å²) in [4.78, 5) is 61.2. The molecule has 5 aromatic rings. The molecule has 2 aromatic carbocycles. The molecule has 356 valence electrons. The van der Waals surface area contributed by atoms with E-state index < -0.39 is 37.4 Å². The van der Waals surface area contributed by atoms with Crippen LogP contribution in [0.15, 0.2) is 54.7 Å².